The summed E-state index contributed by atoms with van der Waals surface area (Å²) in [6.07, 6.45) is 6.88. The zero-order chi connectivity index (χ0) is 27.1. The van der Waals surface area contributed by atoms with Gasteiger partial charge in [0.05, 0.1) is 16.6 Å². The third-order valence-electron chi connectivity index (χ3n) is 7.94. The van der Waals surface area contributed by atoms with Gasteiger partial charge in [-0.1, -0.05) is 97.6 Å². The quantitative estimate of drug-likeness (QED) is 0.195. The first kappa shape index (κ1) is 24.0. The molecule has 2 nitrogen and oxygen atoms in total. The first-order valence-electron chi connectivity index (χ1n) is 13.8. The highest BCUT2D eigenvalue weighted by molar-refractivity contribution is 6.09. The summed E-state index contributed by atoms with van der Waals surface area (Å²) in [5, 5.41) is 3.85. The van der Waals surface area contributed by atoms with Crippen LogP contribution in [0.15, 0.2) is 140 Å². The molecular formula is C38H30N2. The molecule has 7 rings (SSSR count). The Balaban J connectivity index is 1.20. The number of para-hydroxylation sites is 3. The van der Waals surface area contributed by atoms with Crippen molar-refractivity contribution in [2.45, 2.75) is 13.3 Å². The monoisotopic (exact) mass is 514 g/mol. The molecule has 0 atom stereocenters. The Bertz CT molecular complexity index is 1980. The van der Waals surface area contributed by atoms with E-state index in [1.54, 1.807) is 0 Å². The lowest BCUT2D eigenvalue weighted by atomic mass is 10.0. The molecule has 0 unspecified atom stereocenters. The van der Waals surface area contributed by atoms with E-state index in [0.717, 1.165) is 6.42 Å². The van der Waals surface area contributed by atoms with Crippen molar-refractivity contribution in [3.63, 3.8) is 0 Å². The summed E-state index contributed by atoms with van der Waals surface area (Å²) < 4.78 is 4.71. The molecule has 0 amide bonds. The second-order valence-electron chi connectivity index (χ2n) is 10.3. The molecule has 0 radical (unpaired) electrons. The van der Waals surface area contributed by atoms with Gasteiger partial charge in [-0.25, -0.2) is 0 Å². The third-order valence-corrected chi connectivity index (χ3v) is 7.94. The van der Waals surface area contributed by atoms with Gasteiger partial charge < -0.3 is 9.13 Å². The van der Waals surface area contributed by atoms with Crippen molar-refractivity contribution < 1.29 is 0 Å². The largest absolute Gasteiger partial charge is 0.310 e. The smallest absolute Gasteiger partial charge is 0.0541 e. The summed E-state index contributed by atoms with van der Waals surface area (Å²) >= 11 is 0. The van der Waals surface area contributed by atoms with E-state index in [2.05, 4.69) is 150 Å². The SMILES string of the molecule is C=C/C=C\c1c(C)c2ccccc2n1-c1ccc(Cc2ccc(-n3c4ccccc4c4ccccc43)cc2)cc1. The van der Waals surface area contributed by atoms with Crippen molar-refractivity contribution in [3.05, 3.63) is 162 Å². The molecule has 0 aliphatic carbocycles. The van der Waals surface area contributed by atoms with Crippen LogP contribution in [-0.4, -0.2) is 9.13 Å². The highest BCUT2D eigenvalue weighted by atomic mass is 15.0. The van der Waals surface area contributed by atoms with Crippen molar-refractivity contribution in [3.8, 4) is 11.4 Å². The van der Waals surface area contributed by atoms with Crippen LogP contribution in [0.3, 0.4) is 0 Å². The molecule has 40 heavy (non-hydrogen) atoms. The standard InChI is InChI=1S/C38H30N2/c1-3-4-14-35-27(2)32-11-5-8-15-36(32)39(35)30-22-18-28(19-23-30)26-29-20-24-31(25-21-29)40-37-16-9-6-12-33(37)34-13-7-10-17-38(34)40/h3-25H,1,26H2,2H3/b14-4-. The normalized spacial score (nSPS) is 11.7. The predicted molar refractivity (Wildman–Crippen MR) is 171 cm³/mol. The molecule has 0 aliphatic rings. The number of hydrogen-bond donors (Lipinski definition) is 0. The molecule has 7 aromatic rings. The Hall–Kier alpha value is -5.08. The number of rotatable bonds is 6. The Labute approximate surface area is 234 Å². The van der Waals surface area contributed by atoms with Crippen molar-refractivity contribution in [2.75, 3.05) is 0 Å². The lowest BCUT2D eigenvalue weighted by molar-refractivity contribution is 1.09. The Kier molecular flexibility index (Phi) is 5.94. The summed E-state index contributed by atoms with van der Waals surface area (Å²) in [5.74, 6) is 0. The summed E-state index contributed by atoms with van der Waals surface area (Å²) in [6.45, 7) is 6.06. The van der Waals surface area contributed by atoms with Gasteiger partial charge in [0.1, 0.15) is 0 Å². The van der Waals surface area contributed by atoms with Crippen LogP contribution < -0.4 is 0 Å². The zero-order valence-electron chi connectivity index (χ0n) is 22.6. The van der Waals surface area contributed by atoms with E-state index >= 15 is 0 Å². The fourth-order valence-corrected chi connectivity index (χ4v) is 6.02. The first-order chi connectivity index (χ1) is 19.7. The molecule has 2 aromatic heterocycles. The Morgan fingerprint density at radius 1 is 0.550 bits per heavy atom. The van der Waals surface area contributed by atoms with E-state index in [4.69, 9.17) is 0 Å². The molecule has 0 N–H and O–H groups in total. The van der Waals surface area contributed by atoms with E-state index in [1.807, 2.05) is 12.2 Å². The van der Waals surface area contributed by atoms with Gasteiger partial charge in [0.25, 0.3) is 0 Å². The average Bonchev–Trinajstić information content (AvgIpc) is 3.49. The average molecular weight is 515 g/mol. The number of nitrogens with zero attached hydrogens (tertiary/aromatic N) is 2. The second kappa shape index (κ2) is 9.91. The molecular weight excluding hydrogens is 484 g/mol. The van der Waals surface area contributed by atoms with E-state index in [0.29, 0.717) is 0 Å². The van der Waals surface area contributed by atoms with Crippen LogP contribution in [0.1, 0.15) is 22.4 Å². The summed E-state index contributed by atoms with van der Waals surface area (Å²) in [5.41, 5.74) is 11.1. The van der Waals surface area contributed by atoms with E-state index in [-0.39, 0.29) is 0 Å². The molecule has 0 bridgehead atoms. The lowest BCUT2D eigenvalue weighted by Gasteiger charge is -2.11. The molecule has 192 valence electrons. The number of aryl methyl sites for hydroxylation is 1. The number of benzene rings is 5. The van der Waals surface area contributed by atoms with Crippen molar-refractivity contribution in [2.24, 2.45) is 0 Å². The fraction of sp³-hybridized carbons (Fsp3) is 0.0526. The van der Waals surface area contributed by atoms with Gasteiger partial charge in [-0.15, -0.1) is 0 Å². The minimum absolute atomic E-state index is 0.891. The van der Waals surface area contributed by atoms with Gasteiger partial charge >= 0.3 is 0 Å². The molecule has 0 fully saturated rings. The van der Waals surface area contributed by atoms with Crippen LogP contribution in [0.4, 0.5) is 0 Å². The van der Waals surface area contributed by atoms with E-state index in [9.17, 15) is 0 Å². The first-order valence-corrected chi connectivity index (χ1v) is 13.8. The second-order valence-corrected chi connectivity index (χ2v) is 10.3. The van der Waals surface area contributed by atoms with Crippen LogP contribution in [0.2, 0.25) is 0 Å². The van der Waals surface area contributed by atoms with Gasteiger partial charge in [0, 0.05) is 33.2 Å². The Morgan fingerprint density at radius 3 is 1.52 bits per heavy atom. The zero-order valence-corrected chi connectivity index (χ0v) is 22.6. The highest BCUT2D eigenvalue weighted by Gasteiger charge is 2.14. The predicted octanol–water partition coefficient (Wildman–Crippen LogP) is 9.83. The summed E-state index contributed by atoms with van der Waals surface area (Å²) in [4.78, 5) is 0. The van der Waals surface area contributed by atoms with Gasteiger partial charge in [-0.05, 0) is 78.6 Å². The van der Waals surface area contributed by atoms with E-state index in [1.165, 1.54) is 66.5 Å². The maximum atomic E-state index is 3.86. The number of aromatic nitrogens is 2. The highest BCUT2D eigenvalue weighted by Crippen LogP contribution is 2.33. The van der Waals surface area contributed by atoms with Crippen LogP contribution in [-0.2, 0) is 6.42 Å². The molecule has 2 heteroatoms. The van der Waals surface area contributed by atoms with Crippen molar-refractivity contribution >= 4 is 38.8 Å². The van der Waals surface area contributed by atoms with Gasteiger partial charge in [-0.3, -0.25) is 0 Å². The Morgan fingerprint density at radius 2 is 1.00 bits per heavy atom. The molecule has 0 aliphatic heterocycles. The van der Waals surface area contributed by atoms with Gasteiger partial charge in [-0.2, -0.15) is 0 Å². The summed E-state index contributed by atoms with van der Waals surface area (Å²) in [7, 11) is 0. The van der Waals surface area contributed by atoms with Crippen LogP contribution >= 0.6 is 0 Å². The minimum atomic E-state index is 0.891. The topological polar surface area (TPSA) is 9.86 Å². The maximum Gasteiger partial charge on any atom is 0.0541 e. The van der Waals surface area contributed by atoms with Gasteiger partial charge in [0.2, 0.25) is 0 Å². The van der Waals surface area contributed by atoms with Crippen molar-refractivity contribution in [1.29, 1.82) is 0 Å². The van der Waals surface area contributed by atoms with E-state index < -0.39 is 0 Å². The molecule has 0 saturated carbocycles. The fourth-order valence-electron chi connectivity index (χ4n) is 6.02. The number of hydrogen-bond acceptors (Lipinski definition) is 0. The number of allylic oxidation sites excluding steroid dienone is 2. The van der Waals surface area contributed by atoms with Gasteiger partial charge in [0.15, 0.2) is 0 Å². The molecule has 0 saturated heterocycles. The van der Waals surface area contributed by atoms with Crippen LogP contribution in [0, 0.1) is 6.92 Å². The molecule has 0 spiro atoms. The minimum Gasteiger partial charge on any atom is -0.310 e. The molecule has 5 aromatic carbocycles. The third kappa shape index (κ3) is 3.97. The van der Waals surface area contributed by atoms with Crippen LogP contribution in [0.5, 0.6) is 0 Å². The molecule has 2 heterocycles. The van der Waals surface area contributed by atoms with Crippen molar-refractivity contribution in [1.82, 2.24) is 9.13 Å². The lowest BCUT2D eigenvalue weighted by Crippen LogP contribution is -1.98. The van der Waals surface area contributed by atoms with Crippen LogP contribution in [0.25, 0.3) is 50.2 Å². The number of fused-ring (bicyclic) bond motifs is 4. The maximum absolute atomic E-state index is 3.86. The summed E-state index contributed by atoms with van der Waals surface area (Å²) in [6, 6.07) is 43.9.